The average molecular weight is 406 g/mol. The van der Waals surface area contributed by atoms with Crippen LogP contribution >= 0.6 is 0 Å². The van der Waals surface area contributed by atoms with Crippen LogP contribution in [0.3, 0.4) is 0 Å². The number of aliphatic imine (C=N–C) groups is 1. The van der Waals surface area contributed by atoms with E-state index in [1.54, 1.807) is 6.20 Å². The third-order valence-electron chi connectivity index (χ3n) is 5.42. The van der Waals surface area contributed by atoms with Crippen molar-refractivity contribution in [2.75, 3.05) is 36.4 Å². The van der Waals surface area contributed by atoms with Gasteiger partial charge in [-0.1, -0.05) is 31.2 Å². The zero-order valence-electron chi connectivity index (χ0n) is 17.0. The second-order valence-electron chi connectivity index (χ2n) is 7.38. The van der Waals surface area contributed by atoms with Gasteiger partial charge in [-0.2, -0.15) is 0 Å². The van der Waals surface area contributed by atoms with Gasteiger partial charge < -0.3 is 15.1 Å². The highest BCUT2D eigenvalue weighted by Gasteiger charge is 2.31. The number of aromatic nitrogens is 1. The van der Waals surface area contributed by atoms with E-state index in [0.717, 1.165) is 36.6 Å². The molecular weight excluding hydrogens is 380 g/mol. The first-order chi connectivity index (χ1) is 14.6. The van der Waals surface area contributed by atoms with Crippen LogP contribution in [0.4, 0.5) is 11.5 Å². The molecule has 1 aromatic heterocycles. The molecule has 3 heterocycles. The Labute approximate surface area is 176 Å². The molecule has 0 saturated carbocycles. The minimum Gasteiger partial charge on any atom is -0.353 e. The summed E-state index contributed by atoms with van der Waals surface area (Å²) in [5, 5.41) is 5.78. The van der Waals surface area contributed by atoms with Crippen LogP contribution in [0.15, 0.2) is 53.7 Å². The molecule has 1 aromatic carbocycles. The van der Waals surface area contributed by atoms with Crippen molar-refractivity contribution >= 4 is 29.3 Å². The van der Waals surface area contributed by atoms with Gasteiger partial charge in [0.05, 0.1) is 6.42 Å². The molecule has 1 saturated heterocycles. The van der Waals surface area contributed by atoms with Crippen LogP contribution in [0.1, 0.15) is 18.9 Å². The third-order valence-corrected chi connectivity index (χ3v) is 5.42. The Morgan fingerprint density at radius 1 is 1.10 bits per heavy atom. The Morgan fingerprint density at radius 3 is 2.57 bits per heavy atom. The number of amides is 2. The minimum atomic E-state index is -0.729. The molecule has 2 N–H and O–H groups in total. The number of nitrogens with one attached hydrogen (secondary N) is 2. The average Bonchev–Trinajstić information content (AvgIpc) is 2.79. The van der Waals surface area contributed by atoms with Crippen LogP contribution in [0.2, 0.25) is 0 Å². The zero-order chi connectivity index (χ0) is 20.9. The van der Waals surface area contributed by atoms with E-state index in [2.05, 4.69) is 25.5 Å². The fraction of sp³-hybridized carbons (Fsp3) is 0.364. The molecule has 1 atom stereocenters. The summed E-state index contributed by atoms with van der Waals surface area (Å²) in [6.45, 7) is 4.98. The smallest absolute Gasteiger partial charge is 0.249 e. The summed E-state index contributed by atoms with van der Waals surface area (Å²) in [7, 11) is 0. The highest BCUT2D eigenvalue weighted by molar-refractivity contribution is 6.06. The van der Waals surface area contributed by atoms with Gasteiger partial charge in [0.1, 0.15) is 11.9 Å². The molecule has 0 aliphatic carbocycles. The molecule has 156 valence electrons. The number of carbonyl (C=O) groups is 2. The summed E-state index contributed by atoms with van der Waals surface area (Å²) in [5.41, 5.74) is 1.83. The van der Waals surface area contributed by atoms with Gasteiger partial charge in [0.2, 0.25) is 17.8 Å². The van der Waals surface area contributed by atoms with Gasteiger partial charge in [-0.05, 0) is 30.2 Å². The van der Waals surface area contributed by atoms with E-state index >= 15 is 0 Å². The van der Waals surface area contributed by atoms with E-state index in [9.17, 15) is 9.59 Å². The first-order valence-electron chi connectivity index (χ1n) is 10.3. The molecule has 0 bridgehead atoms. The van der Waals surface area contributed by atoms with Gasteiger partial charge in [0, 0.05) is 38.1 Å². The molecule has 2 aliphatic heterocycles. The van der Waals surface area contributed by atoms with Crippen molar-refractivity contribution in [1.29, 1.82) is 0 Å². The van der Waals surface area contributed by atoms with E-state index in [0.29, 0.717) is 19.0 Å². The number of hydrogen-bond donors (Lipinski definition) is 2. The van der Waals surface area contributed by atoms with Gasteiger partial charge in [-0.3, -0.25) is 14.9 Å². The highest BCUT2D eigenvalue weighted by Crippen LogP contribution is 2.18. The molecule has 1 fully saturated rings. The van der Waals surface area contributed by atoms with Gasteiger partial charge in [-0.25, -0.2) is 9.98 Å². The van der Waals surface area contributed by atoms with E-state index in [1.807, 2.05) is 54.3 Å². The Bertz CT molecular complexity index is 938. The number of anilines is 2. The molecule has 0 spiro atoms. The molecule has 8 nitrogen and oxygen atoms in total. The van der Waals surface area contributed by atoms with Crippen molar-refractivity contribution in [2.45, 2.75) is 25.8 Å². The quantitative estimate of drug-likeness (QED) is 0.806. The fourth-order valence-corrected chi connectivity index (χ4v) is 3.74. The van der Waals surface area contributed by atoms with E-state index in [-0.39, 0.29) is 18.2 Å². The zero-order valence-corrected chi connectivity index (χ0v) is 17.0. The number of aryl methyl sites for hydroxylation is 1. The summed E-state index contributed by atoms with van der Waals surface area (Å²) in [6.07, 6.45) is 2.65. The lowest BCUT2D eigenvalue weighted by Gasteiger charge is -2.38. The predicted octanol–water partition coefficient (Wildman–Crippen LogP) is 1.65. The Hall–Kier alpha value is -3.42. The maximum absolute atomic E-state index is 12.8. The second kappa shape index (κ2) is 8.94. The SMILES string of the molecule is CCc1ccccc1NC(=O)C1CC(=O)NC(N2CCN(c3ccccn3)CC2)=N1. The monoisotopic (exact) mass is 406 g/mol. The molecule has 2 aromatic rings. The van der Waals surface area contributed by atoms with E-state index in [4.69, 9.17) is 0 Å². The summed E-state index contributed by atoms with van der Waals surface area (Å²) >= 11 is 0. The molecular formula is C22H26N6O2. The van der Waals surface area contributed by atoms with Crippen molar-refractivity contribution in [2.24, 2.45) is 4.99 Å². The molecule has 30 heavy (non-hydrogen) atoms. The largest absolute Gasteiger partial charge is 0.353 e. The first-order valence-corrected chi connectivity index (χ1v) is 10.3. The van der Waals surface area contributed by atoms with E-state index < -0.39 is 6.04 Å². The summed E-state index contributed by atoms with van der Waals surface area (Å²) in [5.74, 6) is 0.987. The first kappa shape index (κ1) is 19.9. The van der Waals surface area contributed by atoms with Crippen molar-refractivity contribution in [3.63, 3.8) is 0 Å². The molecule has 0 radical (unpaired) electrons. The number of rotatable bonds is 4. The summed E-state index contributed by atoms with van der Waals surface area (Å²) in [4.78, 5) is 38.3. The lowest BCUT2D eigenvalue weighted by atomic mass is 10.1. The minimum absolute atomic E-state index is 0.0531. The van der Waals surface area contributed by atoms with Crippen LogP contribution in [-0.2, 0) is 16.0 Å². The van der Waals surface area contributed by atoms with E-state index in [1.165, 1.54) is 0 Å². The Balaban J connectivity index is 1.42. The number of pyridine rings is 1. The number of piperazine rings is 1. The second-order valence-corrected chi connectivity index (χ2v) is 7.38. The van der Waals surface area contributed by atoms with Crippen LogP contribution in [0.5, 0.6) is 0 Å². The number of hydrogen-bond acceptors (Lipinski definition) is 6. The van der Waals surface area contributed by atoms with Crippen LogP contribution < -0.4 is 15.5 Å². The maximum atomic E-state index is 12.8. The number of nitrogens with zero attached hydrogens (tertiary/aromatic N) is 4. The third kappa shape index (κ3) is 4.42. The predicted molar refractivity (Wildman–Crippen MR) is 116 cm³/mol. The highest BCUT2D eigenvalue weighted by atomic mass is 16.2. The standard InChI is InChI=1S/C22H26N6O2/c1-2-16-7-3-4-8-17(16)24-21(30)18-15-20(29)26-22(25-18)28-13-11-27(12-14-28)19-9-5-6-10-23-19/h3-10,18H,2,11-15H2,1H3,(H,24,30)(H,25,26,29). The molecule has 2 aliphatic rings. The van der Waals surface area contributed by atoms with Crippen LogP contribution in [-0.4, -0.2) is 59.9 Å². The fourth-order valence-electron chi connectivity index (χ4n) is 3.74. The number of carbonyl (C=O) groups excluding carboxylic acids is 2. The number of benzene rings is 1. The molecule has 4 rings (SSSR count). The lowest BCUT2D eigenvalue weighted by molar-refractivity contribution is -0.125. The Kier molecular flexibility index (Phi) is 5.92. The molecule has 1 unspecified atom stereocenters. The molecule has 8 heteroatoms. The molecule has 2 amide bonds. The van der Waals surface area contributed by atoms with Gasteiger partial charge in [0.15, 0.2) is 0 Å². The van der Waals surface area contributed by atoms with Gasteiger partial charge >= 0.3 is 0 Å². The number of guanidine groups is 1. The summed E-state index contributed by atoms with van der Waals surface area (Å²) < 4.78 is 0. The van der Waals surface area contributed by atoms with Crippen LogP contribution in [0, 0.1) is 0 Å². The normalized spacial score (nSPS) is 19.2. The Morgan fingerprint density at radius 2 is 1.83 bits per heavy atom. The van der Waals surface area contributed by atoms with Crippen molar-refractivity contribution in [3.8, 4) is 0 Å². The topological polar surface area (TPSA) is 89.9 Å². The van der Waals surface area contributed by atoms with Gasteiger partial charge in [-0.15, -0.1) is 0 Å². The number of para-hydroxylation sites is 1. The van der Waals surface area contributed by atoms with Crippen molar-refractivity contribution in [1.82, 2.24) is 15.2 Å². The van der Waals surface area contributed by atoms with Crippen molar-refractivity contribution in [3.05, 3.63) is 54.2 Å². The maximum Gasteiger partial charge on any atom is 0.249 e. The summed E-state index contributed by atoms with van der Waals surface area (Å²) in [6, 6.07) is 12.8. The lowest BCUT2D eigenvalue weighted by Crippen LogP contribution is -2.56. The van der Waals surface area contributed by atoms with Crippen LogP contribution in [0.25, 0.3) is 0 Å². The van der Waals surface area contributed by atoms with Crippen molar-refractivity contribution < 1.29 is 9.59 Å². The van der Waals surface area contributed by atoms with Gasteiger partial charge in [0.25, 0.3) is 0 Å².